The van der Waals surface area contributed by atoms with Gasteiger partial charge in [0.1, 0.15) is 0 Å². The molecule has 1 heterocycles. The lowest BCUT2D eigenvalue weighted by atomic mass is 10.1. The van der Waals surface area contributed by atoms with Crippen LogP contribution in [0.2, 0.25) is 0 Å². The first-order chi connectivity index (χ1) is 13.0. The molecular formula is C20H19N3O3S. The van der Waals surface area contributed by atoms with Gasteiger partial charge in [-0.1, -0.05) is 30.3 Å². The van der Waals surface area contributed by atoms with Crippen molar-refractivity contribution in [3.8, 4) is 0 Å². The van der Waals surface area contributed by atoms with Crippen LogP contribution in [0.4, 0.5) is 5.69 Å². The number of nitrogens with one attached hydrogen (secondary N) is 2. The summed E-state index contributed by atoms with van der Waals surface area (Å²) in [6.07, 6.45) is 3.36. The van der Waals surface area contributed by atoms with Crippen LogP contribution in [0.15, 0.2) is 84.0 Å². The van der Waals surface area contributed by atoms with E-state index in [1.807, 2.05) is 13.0 Å². The van der Waals surface area contributed by atoms with Gasteiger partial charge in [-0.15, -0.1) is 0 Å². The molecule has 2 N–H and O–H groups in total. The summed E-state index contributed by atoms with van der Waals surface area (Å²) >= 11 is 0. The minimum absolute atomic E-state index is 0.157. The van der Waals surface area contributed by atoms with Gasteiger partial charge in [-0.25, -0.2) is 8.42 Å². The summed E-state index contributed by atoms with van der Waals surface area (Å²) in [5, 5.41) is 2.88. The van der Waals surface area contributed by atoms with Crippen LogP contribution in [0, 0.1) is 0 Å². The van der Waals surface area contributed by atoms with Crippen molar-refractivity contribution in [1.82, 2.24) is 10.3 Å². The van der Waals surface area contributed by atoms with Crippen LogP contribution < -0.4 is 10.0 Å². The van der Waals surface area contributed by atoms with Crippen LogP contribution in [0.3, 0.4) is 0 Å². The average molecular weight is 381 g/mol. The standard InChI is InChI=1S/C20H19N3O3S/c1-15(17-8-6-12-21-14-17)22-20(24)16-7-5-9-18(13-16)23-27(25,26)19-10-3-2-4-11-19/h2-15,23H,1H3,(H,22,24). The van der Waals surface area contributed by atoms with Crippen molar-refractivity contribution < 1.29 is 13.2 Å². The van der Waals surface area contributed by atoms with E-state index < -0.39 is 10.0 Å². The summed E-state index contributed by atoms with van der Waals surface area (Å²) in [7, 11) is -3.71. The second kappa shape index (κ2) is 8.01. The summed E-state index contributed by atoms with van der Waals surface area (Å²) in [6.45, 7) is 1.86. The molecule has 138 valence electrons. The first-order valence-electron chi connectivity index (χ1n) is 8.34. The van der Waals surface area contributed by atoms with Crippen molar-refractivity contribution in [3.63, 3.8) is 0 Å². The van der Waals surface area contributed by atoms with Gasteiger partial charge >= 0.3 is 0 Å². The zero-order chi connectivity index (χ0) is 19.3. The van der Waals surface area contributed by atoms with Gasteiger partial charge in [-0.3, -0.25) is 14.5 Å². The fourth-order valence-corrected chi connectivity index (χ4v) is 3.60. The SMILES string of the molecule is CC(NC(=O)c1cccc(NS(=O)(=O)c2ccccc2)c1)c1cccnc1. The molecule has 0 saturated carbocycles. The van der Waals surface area contributed by atoms with Crippen LogP contribution in [-0.2, 0) is 10.0 Å². The lowest BCUT2D eigenvalue weighted by molar-refractivity contribution is 0.0940. The molecule has 3 aromatic rings. The van der Waals surface area contributed by atoms with Crippen molar-refractivity contribution in [1.29, 1.82) is 0 Å². The van der Waals surface area contributed by atoms with Crippen molar-refractivity contribution in [2.24, 2.45) is 0 Å². The van der Waals surface area contributed by atoms with Crippen LogP contribution in [0.25, 0.3) is 0 Å². The molecule has 0 saturated heterocycles. The maximum atomic E-state index is 12.5. The largest absolute Gasteiger partial charge is 0.345 e. The fourth-order valence-electron chi connectivity index (χ4n) is 2.53. The van der Waals surface area contributed by atoms with E-state index in [-0.39, 0.29) is 16.8 Å². The Balaban J connectivity index is 1.74. The molecule has 3 rings (SSSR count). The van der Waals surface area contributed by atoms with Gasteiger partial charge in [0.15, 0.2) is 0 Å². The molecule has 7 heteroatoms. The number of rotatable bonds is 6. The molecular weight excluding hydrogens is 362 g/mol. The quantitative estimate of drug-likeness (QED) is 0.685. The van der Waals surface area contributed by atoms with Crippen LogP contribution in [-0.4, -0.2) is 19.3 Å². The lowest BCUT2D eigenvalue weighted by Gasteiger charge is -2.14. The van der Waals surface area contributed by atoms with E-state index in [1.165, 1.54) is 18.2 Å². The molecule has 27 heavy (non-hydrogen) atoms. The highest BCUT2D eigenvalue weighted by Crippen LogP contribution is 2.18. The number of sulfonamides is 1. The van der Waals surface area contributed by atoms with Crippen LogP contribution >= 0.6 is 0 Å². The number of pyridine rings is 1. The van der Waals surface area contributed by atoms with E-state index in [1.54, 1.807) is 54.9 Å². The van der Waals surface area contributed by atoms with Crippen molar-refractivity contribution in [2.75, 3.05) is 4.72 Å². The van der Waals surface area contributed by atoms with E-state index in [0.29, 0.717) is 11.3 Å². The van der Waals surface area contributed by atoms with Crippen LogP contribution in [0.5, 0.6) is 0 Å². The fraction of sp³-hybridized carbons (Fsp3) is 0.100. The summed E-state index contributed by atoms with van der Waals surface area (Å²) in [5.74, 6) is -0.299. The maximum absolute atomic E-state index is 12.5. The normalized spacial score (nSPS) is 12.2. The van der Waals surface area contributed by atoms with E-state index in [0.717, 1.165) is 5.56 Å². The predicted molar refractivity (Wildman–Crippen MR) is 104 cm³/mol. The minimum Gasteiger partial charge on any atom is -0.345 e. The van der Waals surface area contributed by atoms with E-state index in [4.69, 9.17) is 0 Å². The molecule has 0 aliphatic heterocycles. The zero-order valence-corrected chi connectivity index (χ0v) is 15.5. The highest BCUT2D eigenvalue weighted by Gasteiger charge is 2.16. The zero-order valence-electron chi connectivity index (χ0n) is 14.7. The minimum atomic E-state index is -3.71. The number of aromatic nitrogens is 1. The Bertz CT molecular complexity index is 1020. The monoisotopic (exact) mass is 381 g/mol. The predicted octanol–water partition coefficient (Wildman–Crippen LogP) is 3.37. The summed E-state index contributed by atoms with van der Waals surface area (Å²) < 4.78 is 27.4. The van der Waals surface area contributed by atoms with E-state index >= 15 is 0 Å². The molecule has 0 fully saturated rings. The average Bonchev–Trinajstić information content (AvgIpc) is 2.69. The molecule has 0 aliphatic rings. The molecule has 6 nitrogen and oxygen atoms in total. The Morgan fingerprint density at radius 1 is 1.00 bits per heavy atom. The summed E-state index contributed by atoms with van der Waals surface area (Å²) in [6, 6.07) is 17.9. The first-order valence-corrected chi connectivity index (χ1v) is 9.83. The molecule has 1 aromatic heterocycles. The molecule has 1 atom stereocenters. The Morgan fingerprint density at radius 2 is 1.78 bits per heavy atom. The van der Waals surface area contributed by atoms with Crippen LogP contribution in [0.1, 0.15) is 28.9 Å². The van der Waals surface area contributed by atoms with Gasteiger partial charge in [-0.2, -0.15) is 0 Å². The number of amides is 1. The lowest BCUT2D eigenvalue weighted by Crippen LogP contribution is -2.26. The third kappa shape index (κ3) is 4.71. The number of benzene rings is 2. The van der Waals surface area contributed by atoms with Gasteiger partial charge in [-0.05, 0) is 48.9 Å². The molecule has 0 radical (unpaired) electrons. The third-order valence-electron chi connectivity index (χ3n) is 3.96. The molecule has 1 amide bonds. The maximum Gasteiger partial charge on any atom is 0.261 e. The Labute approximate surface area is 158 Å². The third-order valence-corrected chi connectivity index (χ3v) is 5.36. The summed E-state index contributed by atoms with van der Waals surface area (Å²) in [4.78, 5) is 16.7. The Kier molecular flexibility index (Phi) is 5.52. The number of carbonyl (C=O) groups excluding carboxylic acids is 1. The highest BCUT2D eigenvalue weighted by molar-refractivity contribution is 7.92. The van der Waals surface area contributed by atoms with Gasteiger partial charge in [0.2, 0.25) is 0 Å². The Hall–Kier alpha value is -3.19. The van der Waals surface area contributed by atoms with Crippen molar-refractivity contribution in [3.05, 3.63) is 90.3 Å². The van der Waals surface area contributed by atoms with Gasteiger partial charge < -0.3 is 5.32 Å². The number of hydrogen-bond donors (Lipinski definition) is 2. The molecule has 0 bridgehead atoms. The van der Waals surface area contributed by atoms with E-state index in [9.17, 15) is 13.2 Å². The van der Waals surface area contributed by atoms with E-state index in [2.05, 4.69) is 15.0 Å². The summed E-state index contributed by atoms with van der Waals surface area (Å²) in [5.41, 5.74) is 1.56. The highest BCUT2D eigenvalue weighted by atomic mass is 32.2. The number of anilines is 1. The van der Waals surface area contributed by atoms with Gasteiger partial charge in [0.05, 0.1) is 10.9 Å². The van der Waals surface area contributed by atoms with Crippen molar-refractivity contribution >= 4 is 21.6 Å². The number of carbonyl (C=O) groups is 1. The molecule has 0 aliphatic carbocycles. The number of hydrogen-bond acceptors (Lipinski definition) is 4. The second-order valence-electron chi connectivity index (χ2n) is 5.98. The first kappa shape index (κ1) is 18.6. The smallest absolute Gasteiger partial charge is 0.261 e. The molecule has 0 spiro atoms. The molecule has 1 unspecified atom stereocenters. The van der Waals surface area contributed by atoms with Gasteiger partial charge in [0.25, 0.3) is 15.9 Å². The van der Waals surface area contributed by atoms with Crippen molar-refractivity contribution in [2.45, 2.75) is 17.9 Å². The molecule has 2 aromatic carbocycles. The number of nitrogens with zero attached hydrogens (tertiary/aromatic N) is 1. The van der Waals surface area contributed by atoms with Gasteiger partial charge in [0, 0.05) is 23.6 Å². The topological polar surface area (TPSA) is 88.2 Å². The Morgan fingerprint density at radius 3 is 2.48 bits per heavy atom. The second-order valence-corrected chi connectivity index (χ2v) is 7.66.